The second-order valence-electron chi connectivity index (χ2n) is 4.68. The summed E-state index contributed by atoms with van der Waals surface area (Å²) in [6.45, 7) is 1.21. The van der Waals surface area contributed by atoms with Gasteiger partial charge in [0.05, 0.1) is 0 Å². The van der Waals surface area contributed by atoms with E-state index < -0.39 is 0 Å². The van der Waals surface area contributed by atoms with Gasteiger partial charge in [-0.3, -0.25) is 9.59 Å². The molecule has 18 heavy (non-hydrogen) atoms. The smallest absolute Gasteiger partial charge is 0.254 e. The lowest BCUT2D eigenvalue weighted by Gasteiger charge is -2.29. The van der Waals surface area contributed by atoms with Crippen LogP contribution < -0.4 is 11.3 Å². The van der Waals surface area contributed by atoms with Crippen molar-refractivity contribution in [2.75, 3.05) is 13.1 Å². The van der Waals surface area contributed by atoms with Crippen LogP contribution in [0.4, 0.5) is 0 Å². The van der Waals surface area contributed by atoms with E-state index in [1.165, 1.54) is 12.3 Å². The topological polar surface area (TPSA) is 79.2 Å². The predicted octanol–water partition coefficient (Wildman–Crippen LogP) is 0.718. The van der Waals surface area contributed by atoms with Crippen molar-refractivity contribution in [3.63, 3.8) is 0 Å². The van der Waals surface area contributed by atoms with Crippen LogP contribution in [0.1, 0.15) is 36.0 Å². The minimum atomic E-state index is -0.250. The molecule has 1 saturated heterocycles. The number of aromatic amines is 1. The number of aromatic nitrogens is 1. The third-order valence-electron chi connectivity index (χ3n) is 3.43. The molecule has 5 heteroatoms. The first-order valence-corrected chi connectivity index (χ1v) is 6.42. The second-order valence-corrected chi connectivity index (χ2v) is 4.68. The molecule has 1 aliphatic rings. The molecule has 1 fully saturated rings. The molecule has 1 unspecified atom stereocenters. The summed E-state index contributed by atoms with van der Waals surface area (Å²) in [5.41, 5.74) is 5.94. The fraction of sp³-hybridized carbons (Fsp3) is 0.538. The third-order valence-corrected chi connectivity index (χ3v) is 3.43. The molecule has 1 aromatic rings. The maximum absolute atomic E-state index is 12.4. The van der Waals surface area contributed by atoms with Crippen LogP contribution in [0.3, 0.4) is 0 Å². The standard InChI is InChI=1S/C13H19N3O2/c14-9-11-4-2-1-3-7-16(11)13(18)10-5-6-15-12(17)8-10/h5-6,8,11H,1-4,7,9,14H2,(H,15,17). The number of hydrogen-bond donors (Lipinski definition) is 2. The van der Waals surface area contributed by atoms with Gasteiger partial charge < -0.3 is 15.6 Å². The minimum Gasteiger partial charge on any atom is -0.334 e. The van der Waals surface area contributed by atoms with Gasteiger partial charge in [0.15, 0.2) is 0 Å². The molecule has 0 radical (unpaired) electrons. The van der Waals surface area contributed by atoms with Crippen LogP contribution >= 0.6 is 0 Å². The maximum Gasteiger partial charge on any atom is 0.254 e. The number of nitrogens with zero attached hydrogens (tertiary/aromatic N) is 1. The molecule has 98 valence electrons. The van der Waals surface area contributed by atoms with Crippen LogP contribution in [0.15, 0.2) is 23.1 Å². The lowest BCUT2D eigenvalue weighted by Crippen LogP contribution is -2.44. The number of H-pyrrole nitrogens is 1. The number of likely N-dealkylation sites (tertiary alicyclic amines) is 1. The van der Waals surface area contributed by atoms with Crippen LogP contribution in [-0.4, -0.2) is 34.9 Å². The molecule has 2 heterocycles. The highest BCUT2D eigenvalue weighted by molar-refractivity contribution is 5.94. The lowest BCUT2D eigenvalue weighted by atomic mass is 10.1. The van der Waals surface area contributed by atoms with Gasteiger partial charge in [0, 0.05) is 37.0 Å². The number of amides is 1. The molecule has 2 rings (SSSR count). The molecule has 1 aliphatic heterocycles. The molecule has 0 saturated carbocycles. The van der Waals surface area contributed by atoms with Crippen molar-refractivity contribution >= 4 is 5.91 Å². The first kappa shape index (κ1) is 12.8. The van der Waals surface area contributed by atoms with E-state index in [0.717, 1.165) is 32.2 Å². The zero-order chi connectivity index (χ0) is 13.0. The Morgan fingerprint density at radius 1 is 1.44 bits per heavy atom. The zero-order valence-corrected chi connectivity index (χ0v) is 10.4. The molecule has 0 bridgehead atoms. The minimum absolute atomic E-state index is 0.0848. The average Bonchev–Trinajstić information content (AvgIpc) is 2.62. The molecular formula is C13H19N3O2. The average molecular weight is 249 g/mol. The normalized spacial score (nSPS) is 20.5. The van der Waals surface area contributed by atoms with Crippen molar-refractivity contribution in [1.29, 1.82) is 0 Å². The van der Waals surface area contributed by atoms with Crippen LogP contribution in [0, 0.1) is 0 Å². The lowest BCUT2D eigenvalue weighted by molar-refractivity contribution is 0.0689. The summed E-state index contributed by atoms with van der Waals surface area (Å²) in [5, 5.41) is 0. The molecule has 1 atom stereocenters. The monoisotopic (exact) mass is 249 g/mol. The number of rotatable bonds is 2. The second kappa shape index (κ2) is 5.82. The Morgan fingerprint density at radius 3 is 3.00 bits per heavy atom. The van der Waals surface area contributed by atoms with Crippen LogP contribution in [0.5, 0.6) is 0 Å². The van der Waals surface area contributed by atoms with Gasteiger partial charge in [-0.25, -0.2) is 0 Å². The first-order chi connectivity index (χ1) is 8.72. The molecule has 1 aromatic heterocycles. The summed E-state index contributed by atoms with van der Waals surface area (Å²) in [4.78, 5) is 28.0. The van der Waals surface area contributed by atoms with Gasteiger partial charge >= 0.3 is 0 Å². The van der Waals surface area contributed by atoms with Gasteiger partial charge in [-0.05, 0) is 18.9 Å². The highest BCUT2D eigenvalue weighted by Gasteiger charge is 2.25. The summed E-state index contributed by atoms with van der Waals surface area (Å²) in [6, 6.07) is 3.09. The Morgan fingerprint density at radius 2 is 2.28 bits per heavy atom. The van der Waals surface area contributed by atoms with E-state index in [1.807, 2.05) is 4.90 Å². The molecule has 0 spiro atoms. The molecular weight excluding hydrogens is 230 g/mol. The fourth-order valence-corrected chi connectivity index (χ4v) is 2.43. The van der Waals surface area contributed by atoms with Crippen molar-refractivity contribution < 1.29 is 4.79 Å². The molecule has 3 N–H and O–H groups in total. The Labute approximate surface area is 106 Å². The van der Waals surface area contributed by atoms with Crippen LogP contribution in [0.2, 0.25) is 0 Å². The predicted molar refractivity (Wildman–Crippen MR) is 69.4 cm³/mol. The van der Waals surface area contributed by atoms with Crippen molar-refractivity contribution in [3.05, 3.63) is 34.2 Å². The molecule has 5 nitrogen and oxygen atoms in total. The van der Waals surface area contributed by atoms with Gasteiger partial charge in [-0.2, -0.15) is 0 Å². The number of nitrogens with one attached hydrogen (secondary N) is 1. The summed E-state index contributed by atoms with van der Waals surface area (Å²) in [6.07, 6.45) is 5.71. The molecule has 0 aromatic carbocycles. The fourth-order valence-electron chi connectivity index (χ4n) is 2.43. The van der Waals surface area contributed by atoms with E-state index in [4.69, 9.17) is 5.73 Å². The molecule has 1 amide bonds. The number of carbonyl (C=O) groups is 1. The van der Waals surface area contributed by atoms with Crippen molar-refractivity contribution in [2.24, 2.45) is 5.73 Å². The van der Waals surface area contributed by atoms with Crippen molar-refractivity contribution in [1.82, 2.24) is 9.88 Å². The van der Waals surface area contributed by atoms with E-state index in [9.17, 15) is 9.59 Å². The largest absolute Gasteiger partial charge is 0.334 e. The Kier molecular flexibility index (Phi) is 4.15. The summed E-state index contributed by atoms with van der Waals surface area (Å²) < 4.78 is 0. The zero-order valence-electron chi connectivity index (χ0n) is 10.4. The van der Waals surface area contributed by atoms with Crippen molar-refractivity contribution in [2.45, 2.75) is 31.7 Å². The quantitative estimate of drug-likeness (QED) is 0.810. The molecule has 0 aliphatic carbocycles. The first-order valence-electron chi connectivity index (χ1n) is 6.42. The number of pyridine rings is 1. The van der Waals surface area contributed by atoms with Crippen molar-refractivity contribution in [3.8, 4) is 0 Å². The Bertz CT molecular complexity index is 469. The van der Waals surface area contributed by atoms with Gasteiger partial charge in [0.25, 0.3) is 5.91 Å². The van der Waals surface area contributed by atoms with Gasteiger partial charge in [-0.1, -0.05) is 12.8 Å². The highest BCUT2D eigenvalue weighted by atomic mass is 16.2. The van der Waals surface area contributed by atoms with Gasteiger partial charge in [0.1, 0.15) is 0 Å². The third kappa shape index (κ3) is 2.79. The van der Waals surface area contributed by atoms with Gasteiger partial charge in [0.2, 0.25) is 5.56 Å². The van der Waals surface area contributed by atoms with Crippen LogP contribution in [-0.2, 0) is 0 Å². The summed E-state index contributed by atoms with van der Waals surface area (Å²) in [7, 11) is 0. The van der Waals surface area contributed by atoms with E-state index in [2.05, 4.69) is 4.98 Å². The van der Waals surface area contributed by atoms with E-state index in [0.29, 0.717) is 12.1 Å². The number of carbonyl (C=O) groups excluding carboxylic acids is 1. The van der Waals surface area contributed by atoms with E-state index in [1.54, 1.807) is 6.07 Å². The van der Waals surface area contributed by atoms with E-state index in [-0.39, 0.29) is 17.5 Å². The highest BCUT2D eigenvalue weighted by Crippen LogP contribution is 2.18. The Balaban J connectivity index is 2.22. The number of hydrogen-bond acceptors (Lipinski definition) is 3. The summed E-state index contributed by atoms with van der Waals surface area (Å²) in [5.74, 6) is -0.0848. The van der Waals surface area contributed by atoms with Gasteiger partial charge in [-0.15, -0.1) is 0 Å². The Hall–Kier alpha value is -1.62. The number of nitrogens with two attached hydrogens (primary N) is 1. The van der Waals surface area contributed by atoms with Crippen LogP contribution in [0.25, 0.3) is 0 Å². The van der Waals surface area contributed by atoms with E-state index >= 15 is 0 Å². The SMILES string of the molecule is NCC1CCCCCN1C(=O)c1cc[nH]c(=O)c1. The maximum atomic E-state index is 12.4. The summed E-state index contributed by atoms with van der Waals surface area (Å²) >= 11 is 0.